The average Bonchev–Trinajstić information content (AvgIpc) is 3.23. The molecule has 10 aromatic rings. The highest BCUT2D eigenvalue weighted by molar-refractivity contribution is 6.09. The van der Waals surface area contributed by atoms with E-state index in [1.165, 1.54) is 0 Å². The van der Waals surface area contributed by atoms with Crippen molar-refractivity contribution in [3.63, 3.8) is 0 Å². The van der Waals surface area contributed by atoms with Gasteiger partial charge in [0.1, 0.15) is 0 Å². The summed E-state index contributed by atoms with van der Waals surface area (Å²) in [6, 6.07) is 57.6. The number of pyridine rings is 4. The average molecular weight is 663 g/mol. The Labute approximate surface area is 300 Å². The second-order valence-corrected chi connectivity index (χ2v) is 13.2. The van der Waals surface area contributed by atoms with E-state index >= 15 is 0 Å². The first-order valence-electron chi connectivity index (χ1n) is 17.4. The third-order valence-corrected chi connectivity index (χ3v) is 9.93. The summed E-state index contributed by atoms with van der Waals surface area (Å²) >= 11 is 0. The molecule has 0 saturated carbocycles. The number of benzene rings is 6. The minimum Gasteiger partial charge on any atom is -0.256 e. The van der Waals surface area contributed by atoms with Crippen LogP contribution in [-0.2, 0) is 0 Å². The molecule has 0 aliphatic carbocycles. The molecule has 0 spiro atoms. The van der Waals surface area contributed by atoms with Gasteiger partial charge >= 0.3 is 0 Å². The third-order valence-electron chi connectivity index (χ3n) is 9.93. The van der Waals surface area contributed by atoms with Gasteiger partial charge in [0, 0.05) is 56.8 Å². The molecule has 242 valence electrons. The molecule has 0 bridgehead atoms. The number of hydrogen-bond donors (Lipinski definition) is 0. The lowest BCUT2D eigenvalue weighted by Crippen LogP contribution is -1.92. The van der Waals surface area contributed by atoms with Crippen LogP contribution in [0, 0.1) is 0 Å². The Morgan fingerprint density at radius 3 is 1.58 bits per heavy atom. The summed E-state index contributed by atoms with van der Waals surface area (Å²) in [7, 11) is 0. The summed E-state index contributed by atoms with van der Waals surface area (Å²) in [5, 5.41) is 4.40. The molecule has 0 amide bonds. The van der Waals surface area contributed by atoms with E-state index in [2.05, 4.69) is 146 Å². The molecule has 0 saturated heterocycles. The number of fused-ring (bicyclic) bond motifs is 5. The van der Waals surface area contributed by atoms with Gasteiger partial charge in [0.25, 0.3) is 0 Å². The fourth-order valence-corrected chi connectivity index (χ4v) is 7.25. The number of para-hydroxylation sites is 2. The molecule has 0 unspecified atom stereocenters. The number of aromatic nitrogens is 4. The summed E-state index contributed by atoms with van der Waals surface area (Å²) in [6.45, 7) is 0. The summed E-state index contributed by atoms with van der Waals surface area (Å²) < 4.78 is 0. The first kappa shape index (κ1) is 29.8. The van der Waals surface area contributed by atoms with Gasteiger partial charge in [-0.2, -0.15) is 0 Å². The van der Waals surface area contributed by atoms with Gasteiger partial charge in [0.2, 0.25) is 0 Å². The van der Waals surface area contributed by atoms with E-state index in [0.717, 1.165) is 99.4 Å². The number of nitrogens with zero attached hydrogens (tertiary/aromatic N) is 4. The van der Waals surface area contributed by atoms with E-state index in [4.69, 9.17) is 19.9 Å². The van der Waals surface area contributed by atoms with Crippen LogP contribution in [0.1, 0.15) is 0 Å². The predicted octanol–water partition coefficient (Wildman–Crippen LogP) is 12.2. The summed E-state index contributed by atoms with van der Waals surface area (Å²) in [5.41, 5.74) is 14.6. The van der Waals surface area contributed by atoms with Crippen LogP contribution in [0.2, 0.25) is 0 Å². The quantitative estimate of drug-likeness (QED) is 0.172. The van der Waals surface area contributed by atoms with Gasteiger partial charge < -0.3 is 0 Å². The molecule has 4 aromatic heterocycles. The smallest absolute Gasteiger partial charge is 0.0978 e. The Kier molecular flexibility index (Phi) is 7.10. The van der Waals surface area contributed by atoms with Crippen molar-refractivity contribution in [2.75, 3.05) is 0 Å². The monoisotopic (exact) mass is 662 g/mol. The van der Waals surface area contributed by atoms with Crippen LogP contribution < -0.4 is 0 Å². The molecule has 10 rings (SSSR count). The van der Waals surface area contributed by atoms with Gasteiger partial charge in [-0.25, -0.2) is 4.98 Å². The first-order chi connectivity index (χ1) is 25.7. The van der Waals surface area contributed by atoms with Crippen LogP contribution >= 0.6 is 0 Å². The Bertz CT molecular complexity index is 2850. The molecular formula is C48H30N4. The number of hydrogen-bond acceptors (Lipinski definition) is 4. The number of rotatable bonds is 5. The van der Waals surface area contributed by atoms with Crippen LogP contribution in [0.4, 0.5) is 0 Å². The van der Waals surface area contributed by atoms with Crippen molar-refractivity contribution in [3.05, 3.63) is 182 Å². The fraction of sp³-hybridized carbons (Fsp3) is 0. The molecule has 0 radical (unpaired) electrons. The van der Waals surface area contributed by atoms with Crippen LogP contribution in [0.25, 0.3) is 99.4 Å². The predicted molar refractivity (Wildman–Crippen MR) is 215 cm³/mol. The molecule has 0 N–H and O–H groups in total. The summed E-state index contributed by atoms with van der Waals surface area (Å²) in [4.78, 5) is 19.6. The topological polar surface area (TPSA) is 51.6 Å². The second kappa shape index (κ2) is 12.4. The van der Waals surface area contributed by atoms with Crippen LogP contribution in [-0.4, -0.2) is 19.9 Å². The fourth-order valence-electron chi connectivity index (χ4n) is 7.25. The highest BCUT2D eigenvalue weighted by Gasteiger charge is 2.14. The van der Waals surface area contributed by atoms with Crippen LogP contribution in [0.5, 0.6) is 0 Å². The van der Waals surface area contributed by atoms with Crippen molar-refractivity contribution in [1.82, 2.24) is 19.9 Å². The lowest BCUT2D eigenvalue weighted by atomic mass is 9.92. The Morgan fingerprint density at radius 2 is 0.904 bits per heavy atom. The zero-order valence-corrected chi connectivity index (χ0v) is 28.1. The SMILES string of the molecule is c1ccc(-c2cc(-c3ccc(-c4cc(-c5cnc6ccccc6c5)cc(-c5cnc6ccccc6c5)c4)cc3)nc3c2ccc2cccnc23)cc1. The van der Waals surface area contributed by atoms with Crippen molar-refractivity contribution in [2.45, 2.75) is 0 Å². The maximum Gasteiger partial charge on any atom is 0.0978 e. The zero-order chi connectivity index (χ0) is 34.4. The van der Waals surface area contributed by atoms with Crippen LogP contribution in [0.15, 0.2) is 182 Å². The standard InChI is InChI=1S/C48H30N4/c1-2-9-32(10-3-1)43-28-46(52-48-42(43)21-20-34-13-8-22-49-47(34)48)33-18-16-31(17-19-33)37-25-38(40-23-35-11-4-6-14-44(35)50-29-40)27-39(26-37)41-24-36-12-5-7-15-45(36)51-30-41/h1-30H. The lowest BCUT2D eigenvalue weighted by molar-refractivity contribution is 1.37. The molecule has 0 atom stereocenters. The van der Waals surface area contributed by atoms with E-state index in [1.807, 2.05) is 36.8 Å². The molecule has 0 fully saturated rings. The van der Waals surface area contributed by atoms with E-state index < -0.39 is 0 Å². The minimum absolute atomic E-state index is 0.906. The van der Waals surface area contributed by atoms with Crippen molar-refractivity contribution in [2.24, 2.45) is 0 Å². The van der Waals surface area contributed by atoms with E-state index in [-0.39, 0.29) is 0 Å². The van der Waals surface area contributed by atoms with Gasteiger partial charge in [-0.1, -0.05) is 109 Å². The van der Waals surface area contributed by atoms with E-state index in [9.17, 15) is 0 Å². The van der Waals surface area contributed by atoms with Crippen LogP contribution in [0.3, 0.4) is 0 Å². The highest BCUT2D eigenvalue weighted by atomic mass is 14.8. The maximum atomic E-state index is 5.24. The largest absolute Gasteiger partial charge is 0.256 e. The molecule has 4 nitrogen and oxygen atoms in total. The van der Waals surface area contributed by atoms with Crippen molar-refractivity contribution < 1.29 is 0 Å². The molecule has 0 aliphatic heterocycles. The van der Waals surface area contributed by atoms with Gasteiger partial charge in [0.15, 0.2) is 0 Å². The Balaban J connectivity index is 1.11. The Hall–Kier alpha value is -7.04. The van der Waals surface area contributed by atoms with E-state index in [1.54, 1.807) is 0 Å². The molecule has 4 heteroatoms. The van der Waals surface area contributed by atoms with Gasteiger partial charge in [-0.05, 0) is 88.0 Å². The van der Waals surface area contributed by atoms with Crippen molar-refractivity contribution >= 4 is 43.6 Å². The molecule has 6 aromatic carbocycles. The first-order valence-corrected chi connectivity index (χ1v) is 17.4. The third kappa shape index (κ3) is 5.34. The Morgan fingerprint density at radius 1 is 0.327 bits per heavy atom. The van der Waals surface area contributed by atoms with Gasteiger partial charge in [-0.3, -0.25) is 15.0 Å². The molecule has 4 heterocycles. The zero-order valence-electron chi connectivity index (χ0n) is 28.1. The minimum atomic E-state index is 0.906. The van der Waals surface area contributed by atoms with Crippen molar-refractivity contribution in [3.8, 4) is 55.8 Å². The summed E-state index contributed by atoms with van der Waals surface area (Å²) in [5.74, 6) is 0. The van der Waals surface area contributed by atoms with Gasteiger partial charge in [-0.15, -0.1) is 0 Å². The molecular weight excluding hydrogens is 633 g/mol. The molecule has 0 aliphatic rings. The molecule has 52 heavy (non-hydrogen) atoms. The van der Waals surface area contributed by atoms with E-state index in [0.29, 0.717) is 0 Å². The van der Waals surface area contributed by atoms with Gasteiger partial charge in [0.05, 0.1) is 27.8 Å². The van der Waals surface area contributed by atoms with Crippen molar-refractivity contribution in [1.29, 1.82) is 0 Å². The lowest BCUT2D eigenvalue weighted by Gasteiger charge is -2.14. The normalized spacial score (nSPS) is 11.5. The summed E-state index contributed by atoms with van der Waals surface area (Å²) in [6.07, 6.45) is 5.79. The second-order valence-electron chi connectivity index (χ2n) is 13.2. The maximum absolute atomic E-state index is 5.24. The highest BCUT2D eigenvalue weighted by Crippen LogP contribution is 2.37.